The molecule has 0 aliphatic heterocycles. The third kappa shape index (κ3) is 6.38. The Balaban J connectivity index is 1.57. The fraction of sp³-hybridized carbons (Fsp3) is 0.182. The Morgan fingerprint density at radius 2 is 1.73 bits per heavy atom. The van der Waals surface area contributed by atoms with Crippen molar-refractivity contribution >= 4 is 27.7 Å². The Labute approximate surface area is 180 Å². The van der Waals surface area contributed by atoms with Gasteiger partial charge in [0.2, 0.25) is 10.0 Å². The van der Waals surface area contributed by atoms with Crippen molar-refractivity contribution < 1.29 is 8.42 Å². The normalized spacial score (nSPS) is 11.8. The summed E-state index contributed by atoms with van der Waals surface area (Å²) in [6.45, 7) is 2.46. The number of sulfonamides is 1. The first-order valence-corrected chi connectivity index (χ1v) is 11.3. The largest absolute Gasteiger partial charge is 0.268 e. The Kier molecular flexibility index (Phi) is 7.20. The summed E-state index contributed by atoms with van der Waals surface area (Å²) in [5.41, 5.74) is 3.16. The van der Waals surface area contributed by atoms with Crippen LogP contribution >= 0.6 is 11.6 Å². The maximum absolute atomic E-state index is 12.1. The number of benzene rings is 2. The van der Waals surface area contributed by atoms with Gasteiger partial charge in [0.15, 0.2) is 0 Å². The summed E-state index contributed by atoms with van der Waals surface area (Å²) < 4.78 is 28.1. The molecule has 0 bridgehead atoms. The molecule has 0 aliphatic rings. The Hall–Kier alpha value is -2.74. The van der Waals surface area contributed by atoms with Crippen LogP contribution in [0, 0.1) is 6.92 Å². The summed E-state index contributed by atoms with van der Waals surface area (Å²) in [7, 11) is -3.56. The van der Waals surface area contributed by atoms with Crippen LogP contribution in [0.15, 0.2) is 70.9 Å². The minimum Gasteiger partial charge on any atom is -0.268 e. The molecule has 0 fully saturated rings. The molecule has 156 valence electrons. The third-order valence-corrected chi connectivity index (χ3v) is 5.73. The zero-order valence-electron chi connectivity index (χ0n) is 16.5. The predicted octanol–water partition coefficient (Wildman–Crippen LogP) is 3.85. The molecule has 1 aromatic heterocycles. The maximum atomic E-state index is 12.1. The van der Waals surface area contributed by atoms with Gasteiger partial charge >= 0.3 is 0 Å². The van der Waals surface area contributed by atoms with Crippen LogP contribution in [0.2, 0.25) is 5.02 Å². The van der Waals surface area contributed by atoms with E-state index in [0.29, 0.717) is 23.7 Å². The first-order chi connectivity index (χ1) is 14.3. The van der Waals surface area contributed by atoms with Crippen molar-refractivity contribution in [2.75, 3.05) is 6.54 Å². The van der Waals surface area contributed by atoms with Gasteiger partial charge in [-0.05, 0) is 43.2 Å². The van der Waals surface area contributed by atoms with Crippen LogP contribution in [-0.2, 0) is 16.6 Å². The van der Waals surface area contributed by atoms with Crippen LogP contribution in [0.4, 0.5) is 0 Å². The molecule has 0 saturated carbocycles. The van der Waals surface area contributed by atoms with E-state index < -0.39 is 10.0 Å². The van der Waals surface area contributed by atoms with Crippen LogP contribution in [0.1, 0.15) is 17.5 Å². The number of nitrogens with one attached hydrogen (secondary N) is 1. The molecule has 0 radical (unpaired) electrons. The summed E-state index contributed by atoms with van der Waals surface area (Å²) >= 11 is 5.90. The lowest BCUT2D eigenvalue weighted by atomic mass is 10.1. The van der Waals surface area contributed by atoms with Crippen LogP contribution < -0.4 is 10.3 Å². The van der Waals surface area contributed by atoms with E-state index in [2.05, 4.69) is 9.82 Å². The highest BCUT2D eigenvalue weighted by atomic mass is 35.5. The van der Waals surface area contributed by atoms with E-state index in [1.807, 2.05) is 43.3 Å². The van der Waals surface area contributed by atoms with Gasteiger partial charge in [0, 0.05) is 35.2 Å². The lowest BCUT2D eigenvalue weighted by molar-refractivity contribution is 0.539. The molecule has 0 aliphatic carbocycles. The molecule has 30 heavy (non-hydrogen) atoms. The second kappa shape index (κ2) is 9.84. The number of aromatic nitrogens is 2. The quantitative estimate of drug-likeness (QED) is 0.536. The lowest BCUT2D eigenvalue weighted by Crippen LogP contribution is -2.27. The molecule has 0 atom stereocenters. The van der Waals surface area contributed by atoms with Gasteiger partial charge < -0.3 is 0 Å². The zero-order chi connectivity index (χ0) is 21.6. The van der Waals surface area contributed by atoms with Gasteiger partial charge in [0.1, 0.15) is 0 Å². The standard InChI is InChI=1S/C22H22ClN3O3S/c1-17-3-5-18(6-4-17)13-16-30(28,29)24-14-2-15-26-22(27)12-11-21(25-26)19-7-9-20(23)10-8-19/h3-13,16,24H,2,14-15H2,1H3. The third-order valence-electron chi connectivity index (χ3n) is 4.37. The van der Waals surface area contributed by atoms with Gasteiger partial charge in [-0.15, -0.1) is 0 Å². The minimum atomic E-state index is -3.56. The maximum Gasteiger partial charge on any atom is 0.266 e. The highest BCUT2D eigenvalue weighted by Gasteiger charge is 2.06. The summed E-state index contributed by atoms with van der Waals surface area (Å²) in [5, 5.41) is 6.12. The molecule has 1 heterocycles. The lowest BCUT2D eigenvalue weighted by Gasteiger charge is -2.08. The average Bonchev–Trinajstić information content (AvgIpc) is 2.73. The SMILES string of the molecule is Cc1ccc(C=CS(=O)(=O)NCCCn2nc(-c3ccc(Cl)cc3)ccc2=O)cc1. The van der Waals surface area contributed by atoms with E-state index in [4.69, 9.17) is 11.6 Å². The van der Waals surface area contributed by atoms with Crippen molar-refractivity contribution in [1.82, 2.24) is 14.5 Å². The molecule has 8 heteroatoms. The molecule has 6 nitrogen and oxygen atoms in total. The van der Waals surface area contributed by atoms with Gasteiger partial charge in [-0.2, -0.15) is 5.10 Å². The smallest absolute Gasteiger partial charge is 0.266 e. The summed E-state index contributed by atoms with van der Waals surface area (Å²) in [6.07, 6.45) is 1.97. The summed E-state index contributed by atoms with van der Waals surface area (Å²) in [5.74, 6) is 0. The number of rotatable bonds is 8. The molecule has 0 spiro atoms. The number of hydrogen-bond acceptors (Lipinski definition) is 4. The molecular formula is C22H22ClN3O3S. The fourth-order valence-electron chi connectivity index (χ4n) is 2.72. The molecular weight excluding hydrogens is 422 g/mol. The van der Waals surface area contributed by atoms with E-state index in [9.17, 15) is 13.2 Å². The fourth-order valence-corrected chi connectivity index (χ4v) is 3.71. The molecule has 0 unspecified atom stereocenters. The van der Waals surface area contributed by atoms with Crippen molar-refractivity contribution in [2.45, 2.75) is 19.9 Å². The van der Waals surface area contributed by atoms with Gasteiger partial charge in [0.25, 0.3) is 5.56 Å². The zero-order valence-corrected chi connectivity index (χ0v) is 18.0. The summed E-state index contributed by atoms with van der Waals surface area (Å²) in [6, 6.07) is 17.8. The van der Waals surface area contributed by atoms with Crippen LogP contribution in [0.3, 0.4) is 0 Å². The van der Waals surface area contributed by atoms with Gasteiger partial charge in [0.05, 0.1) is 5.69 Å². The minimum absolute atomic E-state index is 0.194. The molecule has 1 N–H and O–H groups in total. The molecule has 3 aromatic rings. The highest BCUT2D eigenvalue weighted by molar-refractivity contribution is 7.92. The number of aryl methyl sites for hydroxylation is 2. The molecule has 3 rings (SSSR count). The highest BCUT2D eigenvalue weighted by Crippen LogP contribution is 2.18. The predicted molar refractivity (Wildman–Crippen MR) is 121 cm³/mol. The Morgan fingerprint density at radius 3 is 2.43 bits per heavy atom. The topological polar surface area (TPSA) is 81.1 Å². The van der Waals surface area contributed by atoms with E-state index in [1.54, 1.807) is 24.3 Å². The number of nitrogens with zero attached hydrogens (tertiary/aromatic N) is 2. The molecule has 2 aromatic carbocycles. The van der Waals surface area contributed by atoms with E-state index >= 15 is 0 Å². The Morgan fingerprint density at radius 1 is 1.03 bits per heavy atom. The van der Waals surface area contributed by atoms with Gasteiger partial charge in [-0.1, -0.05) is 53.6 Å². The molecule has 0 saturated heterocycles. The van der Waals surface area contributed by atoms with E-state index in [0.717, 1.165) is 22.1 Å². The first kappa shape index (κ1) is 22.0. The van der Waals surface area contributed by atoms with Gasteiger partial charge in [-0.25, -0.2) is 17.8 Å². The van der Waals surface area contributed by atoms with Crippen molar-refractivity contribution in [3.05, 3.63) is 92.6 Å². The Bertz CT molecular complexity index is 1190. The van der Waals surface area contributed by atoms with E-state index in [-0.39, 0.29) is 12.1 Å². The van der Waals surface area contributed by atoms with Crippen molar-refractivity contribution in [3.8, 4) is 11.3 Å². The van der Waals surface area contributed by atoms with Crippen molar-refractivity contribution in [2.24, 2.45) is 0 Å². The number of halogens is 1. The average molecular weight is 444 g/mol. The first-order valence-electron chi connectivity index (χ1n) is 9.41. The number of hydrogen-bond donors (Lipinski definition) is 1. The molecule has 0 amide bonds. The second-order valence-electron chi connectivity index (χ2n) is 6.79. The monoisotopic (exact) mass is 443 g/mol. The van der Waals surface area contributed by atoms with Crippen LogP contribution in [0.25, 0.3) is 17.3 Å². The van der Waals surface area contributed by atoms with Crippen molar-refractivity contribution in [1.29, 1.82) is 0 Å². The van der Waals surface area contributed by atoms with Crippen LogP contribution in [-0.4, -0.2) is 24.7 Å². The van der Waals surface area contributed by atoms with Gasteiger partial charge in [-0.3, -0.25) is 4.79 Å². The second-order valence-corrected chi connectivity index (χ2v) is 8.88. The van der Waals surface area contributed by atoms with E-state index in [1.165, 1.54) is 10.7 Å². The summed E-state index contributed by atoms with van der Waals surface area (Å²) in [4.78, 5) is 12.1. The van der Waals surface area contributed by atoms with Crippen LogP contribution in [0.5, 0.6) is 0 Å². The van der Waals surface area contributed by atoms with Crippen molar-refractivity contribution in [3.63, 3.8) is 0 Å².